The van der Waals surface area contributed by atoms with E-state index in [-0.39, 0.29) is 5.16 Å². The van der Waals surface area contributed by atoms with E-state index in [9.17, 15) is 0 Å². The number of nitrogens with two attached hydrogens (primary N) is 1. The van der Waals surface area contributed by atoms with Crippen molar-refractivity contribution in [2.24, 2.45) is 5.73 Å². The molecule has 0 spiro atoms. The number of rotatable bonds is 3. The third-order valence-corrected chi connectivity index (χ3v) is 2.03. The normalized spacial score (nSPS) is 13.5. The van der Waals surface area contributed by atoms with Gasteiger partial charge in [0.05, 0.1) is 0 Å². The molecule has 8 heavy (non-hydrogen) atoms. The summed E-state index contributed by atoms with van der Waals surface area (Å²) < 4.78 is 5.21. The molecule has 0 aromatic heterocycles. The molecular weight excluding hydrogens is 118 g/mol. The van der Waals surface area contributed by atoms with Crippen molar-refractivity contribution in [3.05, 3.63) is 0 Å². The van der Waals surface area contributed by atoms with Crippen LogP contribution in [0.3, 0.4) is 0 Å². The highest BCUT2D eigenvalue weighted by Gasteiger charge is 2.10. The van der Waals surface area contributed by atoms with E-state index in [0.29, 0.717) is 0 Å². The van der Waals surface area contributed by atoms with Gasteiger partial charge in [0.25, 0.3) is 0 Å². The van der Waals surface area contributed by atoms with Crippen LogP contribution in [0.4, 0.5) is 0 Å². The lowest BCUT2D eigenvalue weighted by Gasteiger charge is -2.15. The van der Waals surface area contributed by atoms with Gasteiger partial charge in [-0.1, -0.05) is 0 Å². The Morgan fingerprint density at radius 3 is 2.25 bits per heavy atom. The molecule has 0 aromatic carbocycles. The molecule has 2 N–H and O–H groups in total. The average Bonchev–Trinajstić information content (AvgIpc) is 1.59. The lowest BCUT2D eigenvalue weighted by Crippen LogP contribution is -2.40. The maximum absolute atomic E-state index is 5.66. The van der Waals surface area contributed by atoms with Gasteiger partial charge < -0.3 is 10.2 Å². The second-order valence-electron chi connectivity index (χ2n) is 2.63. The molecular formula is C5H15NOSi. The summed E-state index contributed by atoms with van der Waals surface area (Å²) in [5.74, 6) is 0. The van der Waals surface area contributed by atoms with Gasteiger partial charge in [-0.15, -0.1) is 0 Å². The third kappa shape index (κ3) is 6.14. The van der Waals surface area contributed by atoms with Crippen molar-refractivity contribution in [1.82, 2.24) is 0 Å². The molecule has 0 amide bonds. The Balaban J connectivity index is 3.11. The van der Waals surface area contributed by atoms with E-state index >= 15 is 0 Å². The van der Waals surface area contributed by atoms with Crippen LogP contribution in [0.2, 0.25) is 0 Å². The SMILES string of the molecule is CCO[SiH2]C(C)(C)N. The first-order chi connectivity index (χ1) is 3.56. The van der Waals surface area contributed by atoms with E-state index in [2.05, 4.69) is 0 Å². The first kappa shape index (κ1) is 8.14. The van der Waals surface area contributed by atoms with E-state index in [1.165, 1.54) is 0 Å². The molecule has 2 nitrogen and oxygen atoms in total. The van der Waals surface area contributed by atoms with E-state index < -0.39 is 9.76 Å². The van der Waals surface area contributed by atoms with E-state index in [1.807, 2.05) is 20.8 Å². The summed E-state index contributed by atoms with van der Waals surface area (Å²) in [6.07, 6.45) is 0. The van der Waals surface area contributed by atoms with Crippen molar-refractivity contribution in [3.8, 4) is 0 Å². The summed E-state index contributed by atoms with van der Waals surface area (Å²) in [7, 11) is -0.473. The highest BCUT2D eigenvalue weighted by atomic mass is 28.2. The van der Waals surface area contributed by atoms with Crippen molar-refractivity contribution in [2.75, 3.05) is 6.61 Å². The summed E-state index contributed by atoms with van der Waals surface area (Å²) in [4.78, 5) is 0. The molecule has 0 fully saturated rings. The number of hydrogen-bond acceptors (Lipinski definition) is 2. The van der Waals surface area contributed by atoms with Crippen LogP contribution in [0.1, 0.15) is 20.8 Å². The monoisotopic (exact) mass is 133 g/mol. The molecule has 0 aromatic rings. The summed E-state index contributed by atoms with van der Waals surface area (Å²) in [5, 5.41) is -0.0317. The second-order valence-corrected chi connectivity index (χ2v) is 5.15. The van der Waals surface area contributed by atoms with Gasteiger partial charge in [-0.25, -0.2) is 0 Å². The predicted molar refractivity (Wildman–Crippen MR) is 38.4 cm³/mol. The molecule has 0 unspecified atom stereocenters. The lowest BCUT2D eigenvalue weighted by atomic mass is 10.4. The minimum absolute atomic E-state index is 0.0317. The maximum atomic E-state index is 5.66. The van der Waals surface area contributed by atoms with Crippen molar-refractivity contribution < 1.29 is 4.43 Å². The Morgan fingerprint density at radius 2 is 2.12 bits per heavy atom. The molecule has 3 heteroatoms. The Hall–Kier alpha value is 0.137. The Labute approximate surface area is 53.4 Å². The van der Waals surface area contributed by atoms with E-state index in [0.717, 1.165) is 6.61 Å². The molecule has 0 aliphatic carbocycles. The van der Waals surface area contributed by atoms with Gasteiger partial charge in [-0.05, 0) is 20.8 Å². The van der Waals surface area contributed by atoms with Crippen molar-refractivity contribution in [2.45, 2.75) is 25.9 Å². The zero-order valence-corrected chi connectivity index (χ0v) is 7.31. The molecule has 0 radical (unpaired) electrons. The number of hydrogen-bond donors (Lipinski definition) is 1. The Kier molecular flexibility index (Phi) is 3.27. The first-order valence-corrected chi connectivity index (χ1v) is 4.21. The molecule has 0 bridgehead atoms. The minimum Gasteiger partial charge on any atom is -0.422 e. The summed E-state index contributed by atoms with van der Waals surface area (Å²) >= 11 is 0. The van der Waals surface area contributed by atoms with Crippen LogP contribution in [-0.4, -0.2) is 21.5 Å². The molecule has 0 saturated heterocycles. The summed E-state index contributed by atoms with van der Waals surface area (Å²) in [6.45, 7) is 6.83. The van der Waals surface area contributed by atoms with Crippen molar-refractivity contribution in [1.29, 1.82) is 0 Å². The third-order valence-electron chi connectivity index (χ3n) is 0.678. The van der Waals surface area contributed by atoms with Gasteiger partial charge >= 0.3 is 0 Å². The summed E-state index contributed by atoms with van der Waals surface area (Å²) in [5.41, 5.74) is 5.66. The van der Waals surface area contributed by atoms with Gasteiger partial charge in [-0.3, -0.25) is 0 Å². The molecule has 0 heterocycles. The molecule has 0 aliphatic heterocycles. The highest BCUT2D eigenvalue weighted by molar-refractivity contribution is 6.31. The highest BCUT2D eigenvalue weighted by Crippen LogP contribution is 1.92. The van der Waals surface area contributed by atoms with Crippen LogP contribution in [0.5, 0.6) is 0 Å². The largest absolute Gasteiger partial charge is 0.422 e. The van der Waals surface area contributed by atoms with Gasteiger partial charge in [0.2, 0.25) is 0 Å². The van der Waals surface area contributed by atoms with E-state index in [4.69, 9.17) is 10.2 Å². The molecule has 0 aliphatic rings. The lowest BCUT2D eigenvalue weighted by molar-refractivity contribution is 0.342. The molecule has 0 atom stereocenters. The van der Waals surface area contributed by atoms with Crippen LogP contribution in [0.25, 0.3) is 0 Å². The fourth-order valence-corrected chi connectivity index (χ4v) is 1.10. The molecule has 0 rings (SSSR count). The van der Waals surface area contributed by atoms with Crippen LogP contribution in [0, 0.1) is 0 Å². The zero-order chi connectivity index (χ0) is 6.62. The Bertz CT molecular complexity index is 59.9. The molecule has 50 valence electrons. The maximum Gasteiger partial charge on any atom is 0.180 e. The van der Waals surface area contributed by atoms with Crippen LogP contribution < -0.4 is 5.73 Å². The van der Waals surface area contributed by atoms with Gasteiger partial charge in [0.1, 0.15) is 0 Å². The van der Waals surface area contributed by atoms with Gasteiger partial charge in [0.15, 0.2) is 9.76 Å². The van der Waals surface area contributed by atoms with Crippen LogP contribution in [-0.2, 0) is 4.43 Å². The quantitative estimate of drug-likeness (QED) is 0.541. The Morgan fingerprint density at radius 1 is 1.62 bits per heavy atom. The second kappa shape index (κ2) is 3.22. The van der Waals surface area contributed by atoms with E-state index in [1.54, 1.807) is 0 Å². The fourth-order valence-electron chi connectivity index (χ4n) is 0.365. The topological polar surface area (TPSA) is 35.2 Å². The molecule has 0 saturated carbocycles. The predicted octanol–water partition coefficient (Wildman–Crippen LogP) is -0.199. The average molecular weight is 133 g/mol. The van der Waals surface area contributed by atoms with Crippen molar-refractivity contribution in [3.63, 3.8) is 0 Å². The van der Waals surface area contributed by atoms with Crippen LogP contribution in [0.15, 0.2) is 0 Å². The van der Waals surface area contributed by atoms with Gasteiger partial charge in [0, 0.05) is 11.8 Å². The summed E-state index contributed by atoms with van der Waals surface area (Å²) in [6, 6.07) is 0. The first-order valence-electron chi connectivity index (χ1n) is 2.93. The van der Waals surface area contributed by atoms with Gasteiger partial charge in [-0.2, -0.15) is 0 Å². The van der Waals surface area contributed by atoms with Crippen LogP contribution >= 0.6 is 0 Å². The zero-order valence-electron chi connectivity index (χ0n) is 5.90. The smallest absolute Gasteiger partial charge is 0.180 e. The van der Waals surface area contributed by atoms with Crippen molar-refractivity contribution >= 4 is 9.76 Å². The minimum atomic E-state index is -0.473. The fraction of sp³-hybridized carbons (Fsp3) is 1.00. The standard InChI is InChI=1S/C5H15NOSi/c1-4-7-8-5(2,3)6/h4,6,8H2,1-3H3.